The van der Waals surface area contributed by atoms with Crippen LogP contribution in [0, 0.1) is 5.92 Å². The van der Waals surface area contributed by atoms with E-state index >= 15 is 0 Å². The fraction of sp³-hybridized carbons (Fsp3) is 0.500. The monoisotopic (exact) mass is 269 g/mol. The van der Waals surface area contributed by atoms with E-state index < -0.39 is 12.3 Å². The van der Waals surface area contributed by atoms with Gasteiger partial charge in [-0.15, -0.1) is 0 Å². The summed E-state index contributed by atoms with van der Waals surface area (Å²) in [6.07, 6.45) is -2.23. The van der Waals surface area contributed by atoms with E-state index in [4.69, 9.17) is 4.74 Å². The maximum absolute atomic E-state index is 12.6. The maximum atomic E-state index is 12.6. The number of hydrogen-bond acceptors (Lipinski definition) is 2. The zero-order valence-electron chi connectivity index (χ0n) is 11.0. The molecule has 2 atom stereocenters. The number of rotatable bonds is 3. The Labute approximate surface area is 111 Å². The van der Waals surface area contributed by atoms with E-state index in [1.807, 2.05) is 19.1 Å². The normalized spacial score (nSPS) is 22.9. The van der Waals surface area contributed by atoms with E-state index in [1.165, 1.54) is 4.90 Å². The second-order valence-corrected chi connectivity index (χ2v) is 4.92. The molecule has 0 N–H and O–H groups in total. The van der Waals surface area contributed by atoms with Crippen LogP contribution in [0.25, 0.3) is 0 Å². The lowest BCUT2D eigenvalue weighted by Crippen LogP contribution is -2.35. The molecule has 0 spiro atoms. The number of ether oxygens (including phenoxy) is 1. The van der Waals surface area contributed by atoms with Crippen molar-refractivity contribution in [1.82, 2.24) is 4.90 Å². The number of alkyl halides is 2. The summed E-state index contributed by atoms with van der Waals surface area (Å²) in [4.78, 5) is 12.8. The minimum Gasteiger partial charge on any atom is -0.497 e. The predicted octanol–water partition coefficient (Wildman–Crippen LogP) is 2.87. The lowest BCUT2D eigenvalue weighted by Gasteiger charge is -2.24. The van der Waals surface area contributed by atoms with Gasteiger partial charge >= 0.3 is 6.43 Å². The molecule has 0 saturated carbocycles. The summed E-state index contributed by atoms with van der Waals surface area (Å²) in [6.45, 7) is 2.36. The molecule has 1 aliphatic heterocycles. The van der Waals surface area contributed by atoms with Gasteiger partial charge in [0, 0.05) is 6.54 Å². The number of carbonyl (C=O) groups is 1. The van der Waals surface area contributed by atoms with Gasteiger partial charge in [0.1, 0.15) is 5.75 Å². The minimum absolute atomic E-state index is 0.231. The molecular formula is C14H17F2NO2. The molecule has 0 bridgehead atoms. The summed E-state index contributed by atoms with van der Waals surface area (Å²) in [6, 6.07) is 6.95. The van der Waals surface area contributed by atoms with Crippen molar-refractivity contribution in [2.45, 2.75) is 25.8 Å². The largest absolute Gasteiger partial charge is 0.497 e. The Morgan fingerprint density at radius 3 is 2.53 bits per heavy atom. The van der Waals surface area contributed by atoms with Gasteiger partial charge in [0.2, 0.25) is 0 Å². The molecule has 2 rings (SSSR count). The first kappa shape index (κ1) is 13.8. The minimum atomic E-state index is -2.94. The first-order chi connectivity index (χ1) is 9.02. The summed E-state index contributed by atoms with van der Waals surface area (Å²) in [5.41, 5.74) is 0.874. The van der Waals surface area contributed by atoms with Crippen LogP contribution in [0.2, 0.25) is 0 Å². The highest BCUT2D eigenvalue weighted by Gasteiger charge is 2.37. The van der Waals surface area contributed by atoms with Crippen LogP contribution in [-0.2, 0) is 4.79 Å². The van der Waals surface area contributed by atoms with Crippen LogP contribution in [0.5, 0.6) is 5.75 Å². The average Bonchev–Trinajstić information content (AvgIpc) is 2.79. The van der Waals surface area contributed by atoms with Crippen LogP contribution in [0.1, 0.15) is 24.9 Å². The number of carbonyl (C=O) groups excluding carboxylic acids is 1. The highest BCUT2D eigenvalue weighted by atomic mass is 19.3. The molecule has 1 saturated heterocycles. The zero-order chi connectivity index (χ0) is 14.0. The van der Waals surface area contributed by atoms with Crippen molar-refractivity contribution in [1.29, 1.82) is 0 Å². The Kier molecular flexibility index (Phi) is 4.02. The van der Waals surface area contributed by atoms with Crippen molar-refractivity contribution < 1.29 is 18.3 Å². The number of hydrogen-bond donors (Lipinski definition) is 0. The molecule has 19 heavy (non-hydrogen) atoms. The van der Waals surface area contributed by atoms with Crippen LogP contribution in [0.4, 0.5) is 8.78 Å². The van der Waals surface area contributed by atoms with E-state index in [1.54, 1.807) is 19.2 Å². The van der Waals surface area contributed by atoms with E-state index in [9.17, 15) is 13.6 Å². The molecule has 1 aromatic rings. The Hall–Kier alpha value is -1.65. The van der Waals surface area contributed by atoms with Crippen molar-refractivity contribution in [2.75, 3.05) is 13.7 Å². The molecule has 5 heteroatoms. The van der Waals surface area contributed by atoms with Crippen LogP contribution in [-0.4, -0.2) is 30.9 Å². The first-order valence-corrected chi connectivity index (χ1v) is 6.25. The molecular weight excluding hydrogens is 252 g/mol. The topological polar surface area (TPSA) is 29.5 Å². The fourth-order valence-electron chi connectivity index (χ4n) is 2.56. The number of halogens is 2. The average molecular weight is 269 g/mol. The molecule has 1 heterocycles. The molecule has 3 nitrogen and oxygen atoms in total. The highest BCUT2D eigenvalue weighted by Crippen LogP contribution is 2.36. The molecule has 0 aromatic heterocycles. The van der Waals surface area contributed by atoms with E-state index in [-0.39, 0.29) is 12.0 Å². The third-order valence-electron chi connectivity index (χ3n) is 3.48. The highest BCUT2D eigenvalue weighted by molar-refractivity contribution is 5.80. The molecule has 1 aromatic carbocycles. The summed E-state index contributed by atoms with van der Waals surface area (Å²) in [7, 11) is 1.57. The Bertz CT molecular complexity index is 447. The number of likely N-dealkylation sites (tertiary alicyclic amines) is 1. The molecule has 1 fully saturated rings. The third-order valence-corrected chi connectivity index (χ3v) is 3.48. The molecule has 2 unspecified atom stereocenters. The van der Waals surface area contributed by atoms with Gasteiger partial charge in [-0.1, -0.05) is 19.1 Å². The van der Waals surface area contributed by atoms with Crippen LogP contribution >= 0.6 is 0 Å². The zero-order valence-corrected chi connectivity index (χ0v) is 11.0. The van der Waals surface area contributed by atoms with Crippen LogP contribution in [0.3, 0.4) is 0 Å². The van der Waals surface area contributed by atoms with Gasteiger partial charge < -0.3 is 9.64 Å². The van der Waals surface area contributed by atoms with Crippen molar-refractivity contribution >= 4 is 5.91 Å². The van der Waals surface area contributed by atoms with Crippen LogP contribution < -0.4 is 4.74 Å². The molecule has 1 amide bonds. The number of benzene rings is 1. The smallest absolute Gasteiger partial charge is 0.315 e. The third kappa shape index (κ3) is 2.85. The van der Waals surface area contributed by atoms with Gasteiger partial charge in [0.15, 0.2) is 0 Å². The summed E-state index contributed by atoms with van der Waals surface area (Å²) < 4.78 is 30.3. The number of amides is 1. The Morgan fingerprint density at radius 1 is 1.37 bits per heavy atom. The molecule has 0 aliphatic carbocycles. The maximum Gasteiger partial charge on any atom is 0.315 e. The first-order valence-electron chi connectivity index (χ1n) is 6.25. The lowest BCUT2D eigenvalue weighted by atomic mass is 10.0. The Balaban J connectivity index is 2.22. The SMILES string of the molecule is COc1ccc(C2CC(C)CN2C(=O)C(F)F)cc1. The van der Waals surface area contributed by atoms with Gasteiger partial charge in [-0.25, -0.2) is 0 Å². The molecule has 104 valence electrons. The van der Waals surface area contributed by atoms with E-state index in [0.717, 1.165) is 5.56 Å². The summed E-state index contributed by atoms with van der Waals surface area (Å²) in [5.74, 6) is -0.137. The fourth-order valence-corrected chi connectivity index (χ4v) is 2.56. The second-order valence-electron chi connectivity index (χ2n) is 4.92. The van der Waals surface area contributed by atoms with Crippen LogP contribution in [0.15, 0.2) is 24.3 Å². The van der Waals surface area contributed by atoms with Gasteiger partial charge in [0.05, 0.1) is 13.2 Å². The van der Waals surface area contributed by atoms with Gasteiger partial charge in [-0.3, -0.25) is 4.79 Å². The summed E-state index contributed by atoms with van der Waals surface area (Å²) in [5, 5.41) is 0. The predicted molar refractivity (Wildman–Crippen MR) is 67.2 cm³/mol. The van der Waals surface area contributed by atoms with Gasteiger partial charge in [-0.2, -0.15) is 8.78 Å². The van der Waals surface area contributed by atoms with Crippen molar-refractivity contribution in [3.05, 3.63) is 29.8 Å². The van der Waals surface area contributed by atoms with E-state index in [0.29, 0.717) is 18.7 Å². The van der Waals surface area contributed by atoms with Crippen molar-refractivity contribution in [3.63, 3.8) is 0 Å². The van der Waals surface area contributed by atoms with Gasteiger partial charge in [-0.05, 0) is 30.0 Å². The number of nitrogens with zero attached hydrogens (tertiary/aromatic N) is 1. The Morgan fingerprint density at radius 2 is 2.00 bits per heavy atom. The standard InChI is InChI=1S/C14H17F2NO2/c1-9-7-12(17(8-9)14(18)13(15)16)10-3-5-11(19-2)6-4-10/h3-6,9,12-13H,7-8H2,1-2H3. The molecule has 1 aliphatic rings. The van der Waals surface area contributed by atoms with Gasteiger partial charge in [0.25, 0.3) is 5.91 Å². The molecule has 0 radical (unpaired) electrons. The summed E-state index contributed by atoms with van der Waals surface area (Å²) >= 11 is 0. The quantitative estimate of drug-likeness (QED) is 0.844. The van der Waals surface area contributed by atoms with Crippen molar-refractivity contribution in [3.8, 4) is 5.75 Å². The van der Waals surface area contributed by atoms with Crippen molar-refractivity contribution in [2.24, 2.45) is 5.92 Å². The lowest BCUT2D eigenvalue weighted by molar-refractivity contribution is -0.143. The van der Waals surface area contributed by atoms with E-state index in [2.05, 4.69) is 0 Å². The second kappa shape index (κ2) is 5.55. The number of methoxy groups -OCH3 is 1.